The van der Waals surface area contributed by atoms with E-state index in [0.29, 0.717) is 12.1 Å². The molecule has 0 aliphatic carbocycles. The molecule has 0 saturated carbocycles. The van der Waals surface area contributed by atoms with Crippen molar-refractivity contribution in [3.63, 3.8) is 0 Å². The third-order valence-electron chi connectivity index (χ3n) is 3.84. The summed E-state index contributed by atoms with van der Waals surface area (Å²) in [7, 11) is 5.42. The lowest BCUT2D eigenvalue weighted by atomic mass is 10.1. The molecule has 2 rings (SSSR count). The number of nitrogens with zero attached hydrogens (tertiary/aromatic N) is 4. The number of hydrogen-bond donors (Lipinski definition) is 2. The molecule has 2 N–H and O–H groups in total. The fraction of sp³-hybridized carbons (Fsp3) is 0.421. The van der Waals surface area contributed by atoms with Gasteiger partial charge in [0.05, 0.1) is 12.7 Å². The van der Waals surface area contributed by atoms with Crippen LogP contribution in [0.5, 0.6) is 0 Å². The summed E-state index contributed by atoms with van der Waals surface area (Å²) in [6.07, 6.45) is 4.78. The molecular formula is C19H28N6O. The summed E-state index contributed by atoms with van der Waals surface area (Å²) < 4.78 is 1.80. The van der Waals surface area contributed by atoms with Crippen LogP contribution in [0, 0.1) is 0 Å². The Bertz CT molecular complexity index is 733. The second kappa shape index (κ2) is 9.60. The molecule has 2 aromatic rings. The lowest BCUT2D eigenvalue weighted by Crippen LogP contribution is -2.38. The van der Waals surface area contributed by atoms with Crippen LogP contribution >= 0.6 is 0 Å². The minimum absolute atomic E-state index is 0.00505. The number of benzene rings is 1. The van der Waals surface area contributed by atoms with Crippen LogP contribution in [-0.4, -0.2) is 53.7 Å². The van der Waals surface area contributed by atoms with Crippen molar-refractivity contribution < 1.29 is 4.79 Å². The Hall–Kier alpha value is -2.83. The number of guanidine groups is 1. The van der Waals surface area contributed by atoms with Crippen molar-refractivity contribution in [2.75, 3.05) is 27.2 Å². The molecule has 0 spiro atoms. The Kier molecular flexibility index (Phi) is 7.20. The molecular weight excluding hydrogens is 328 g/mol. The predicted octanol–water partition coefficient (Wildman–Crippen LogP) is 1.42. The maximum atomic E-state index is 11.9. The molecule has 0 unspecified atom stereocenters. The van der Waals surface area contributed by atoms with Gasteiger partial charge in [0.1, 0.15) is 0 Å². The molecule has 140 valence electrons. The van der Waals surface area contributed by atoms with Crippen molar-refractivity contribution in [2.24, 2.45) is 12.0 Å². The molecule has 0 bridgehead atoms. The molecule has 1 heterocycles. The number of aliphatic imine (C=N–C) groups is 1. The zero-order valence-electron chi connectivity index (χ0n) is 16.0. The van der Waals surface area contributed by atoms with E-state index in [-0.39, 0.29) is 5.91 Å². The molecule has 0 saturated heterocycles. The van der Waals surface area contributed by atoms with E-state index in [9.17, 15) is 4.79 Å². The highest BCUT2D eigenvalue weighted by atomic mass is 16.2. The fourth-order valence-corrected chi connectivity index (χ4v) is 2.45. The van der Waals surface area contributed by atoms with Gasteiger partial charge in [-0.2, -0.15) is 5.10 Å². The number of carbonyl (C=O) groups is 1. The number of rotatable bonds is 7. The molecule has 1 amide bonds. The first kappa shape index (κ1) is 19.5. The van der Waals surface area contributed by atoms with Gasteiger partial charge in [0.25, 0.3) is 5.91 Å². The summed E-state index contributed by atoms with van der Waals surface area (Å²) in [6, 6.07) is 7.57. The van der Waals surface area contributed by atoms with Crippen molar-refractivity contribution in [3.8, 4) is 0 Å². The van der Waals surface area contributed by atoms with E-state index < -0.39 is 0 Å². The van der Waals surface area contributed by atoms with Crippen LogP contribution in [0.1, 0.15) is 28.4 Å². The highest BCUT2D eigenvalue weighted by molar-refractivity contribution is 5.93. The van der Waals surface area contributed by atoms with Gasteiger partial charge in [-0.05, 0) is 36.6 Å². The Balaban J connectivity index is 1.90. The van der Waals surface area contributed by atoms with E-state index in [0.717, 1.165) is 31.0 Å². The first-order valence-electron chi connectivity index (χ1n) is 8.80. The molecule has 7 heteroatoms. The van der Waals surface area contributed by atoms with Gasteiger partial charge >= 0.3 is 0 Å². The number of aryl methyl sites for hydroxylation is 1. The molecule has 1 aromatic heterocycles. The van der Waals surface area contributed by atoms with Gasteiger partial charge in [0.2, 0.25) is 0 Å². The Labute approximate surface area is 155 Å². The maximum Gasteiger partial charge on any atom is 0.253 e. The topological polar surface area (TPSA) is 74.6 Å². The van der Waals surface area contributed by atoms with Crippen molar-refractivity contribution >= 4 is 11.9 Å². The molecule has 7 nitrogen and oxygen atoms in total. The number of nitrogens with one attached hydrogen (secondary N) is 2. The number of carbonyl (C=O) groups excluding carboxylic acids is 1. The van der Waals surface area contributed by atoms with Crippen molar-refractivity contribution in [3.05, 3.63) is 53.3 Å². The van der Waals surface area contributed by atoms with Crippen LogP contribution < -0.4 is 10.6 Å². The second-order valence-corrected chi connectivity index (χ2v) is 6.29. The van der Waals surface area contributed by atoms with Crippen LogP contribution in [0.4, 0.5) is 0 Å². The van der Waals surface area contributed by atoms with Gasteiger partial charge in [-0.25, -0.2) is 4.99 Å². The van der Waals surface area contributed by atoms with Gasteiger partial charge in [-0.3, -0.25) is 9.48 Å². The minimum atomic E-state index is 0.00505. The normalized spacial score (nSPS) is 11.3. The van der Waals surface area contributed by atoms with Crippen molar-refractivity contribution in [2.45, 2.75) is 19.9 Å². The second-order valence-electron chi connectivity index (χ2n) is 6.29. The van der Waals surface area contributed by atoms with Gasteiger partial charge in [0.15, 0.2) is 5.96 Å². The average Bonchev–Trinajstić information content (AvgIpc) is 3.04. The van der Waals surface area contributed by atoms with E-state index in [1.807, 2.05) is 50.6 Å². The van der Waals surface area contributed by atoms with Crippen LogP contribution in [0.2, 0.25) is 0 Å². The standard InChI is InChI=1S/C19H28N6O/c1-5-20-19(21-11-10-16-13-23-25(4)14-16)22-12-15-6-8-17(9-7-15)18(26)24(2)3/h6-9,13-14H,5,10-12H2,1-4H3,(H2,20,21,22). The zero-order chi connectivity index (χ0) is 18.9. The highest BCUT2D eigenvalue weighted by Crippen LogP contribution is 2.07. The lowest BCUT2D eigenvalue weighted by molar-refractivity contribution is 0.0827. The van der Waals surface area contributed by atoms with Crippen molar-refractivity contribution in [1.29, 1.82) is 0 Å². The average molecular weight is 356 g/mol. The third-order valence-corrected chi connectivity index (χ3v) is 3.84. The van der Waals surface area contributed by atoms with E-state index in [2.05, 4.69) is 20.7 Å². The van der Waals surface area contributed by atoms with E-state index in [1.54, 1.807) is 23.7 Å². The van der Waals surface area contributed by atoms with Crippen LogP contribution in [0.3, 0.4) is 0 Å². The monoisotopic (exact) mass is 356 g/mol. The Morgan fingerprint density at radius 3 is 2.50 bits per heavy atom. The van der Waals surface area contributed by atoms with Gasteiger partial charge in [0, 0.05) is 46.0 Å². The number of hydrogen-bond acceptors (Lipinski definition) is 3. The fourth-order valence-electron chi connectivity index (χ4n) is 2.45. The van der Waals surface area contributed by atoms with Gasteiger partial charge in [-0.1, -0.05) is 12.1 Å². The summed E-state index contributed by atoms with van der Waals surface area (Å²) in [4.78, 5) is 18.1. The van der Waals surface area contributed by atoms with Crippen LogP contribution in [0.25, 0.3) is 0 Å². The van der Waals surface area contributed by atoms with Gasteiger partial charge < -0.3 is 15.5 Å². The summed E-state index contributed by atoms with van der Waals surface area (Å²) >= 11 is 0. The molecule has 0 aliphatic heterocycles. The molecule has 0 aliphatic rings. The molecule has 0 atom stereocenters. The van der Waals surface area contributed by atoms with Gasteiger partial charge in [-0.15, -0.1) is 0 Å². The van der Waals surface area contributed by atoms with Crippen LogP contribution in [0.15, 0.2) is 41.7 Å². The lowest BCUT2D eigenvalue weighted by Gasteiger charge is -2.12. The SMILES string of the molecule is CCNC(=NCc1ccc(C(=O)N(C)C)cc1)NCCc1cnn(C)c1. The zero-order valence-corrected chi connectivity index (χ0v) is 16.0. The summed E-state index contributed by atoms with van der Waals surface area (Å²) in [5.41, 5.74) is 2.94. The largest absolute Gasteiger partial charge is 0.357 e. The molecule has 1 aromatic carbocycles. The highest BCUT2D eigenvalue weighted by Gasteiger charge is 2.07. The summed E-state index contributed by atoms with van der Waals surface area (Å²) in [6.45, 7) is 4.18. The summed E-state index contributed by atoms with van der Waals surface area (Å²) in [5.74, 6) is 0.787. The first-order valence-corrected chi connectivity index (χ1v) is 8.80. The third kappa shape index (κ3) is 5.91. The molecule has 0 fully saturated rings. The Morgan fingerprint density at radius 2 is 1.92 bits per heavy atom. The predicted molar refractivity (Wildman–Crippen MR) is 104 cm³/mol. The minimum Gasteiger partial charge on any atom is -0.357 e. The summed E-state index contributed by atoms with van der Waals surface area (Å²) in [5, 5.41) is 10.8. The smallest absolute Gasteiger partial charge is 0.253 e. The quantitative estimate of drug-likeness (QED) is 0.581. The van der Waals surface area contributed by atoms with E-state index in [1.165, 1.54) is 5.56 Å². The Morgan fingerprint density at radius 1 is 1.19 bits per heavy atom. The van der Waals surface area contributed by atoms with Crippen LogP contribution in [-0.2, 0) is 20.0 Å². The van der Waals surface area contributed by atoms with E-state index >= 15 is 0 Å². The number of amides is 1. The number of aromatic nitrogens is 2. The molecule has 0 radical (unpaired) electrons. The van der Waals surface area contributed by atoms with Crippen molar-refractivity contribution in [1.82, 2.24) is 25.3 Å². The van der Waals surface area contributed by atoms with E-state index in [4.69, 9.17) is 0 Å². The first-order chi connectivity index (χ1) is 12.5. The molecule has 26 heavy (non-hydrogen) atoms. The maximum absolute atomic E-state index is 11.9.